The number of carbonyl (C=O) groups is 1. The van der Waals surface area contributed by atoms with Crippen molar-refractivity contribution < 1.29 is 4.79 Å². The lowest BCUT2D eigenvalue weighted by molar-refractivity contribution is -0.103. The molecule has 1 aromatic rings. The predicted molar refractivity (Wildman–Crippen MR) is 63.0 cm³/mol. The highest BCUT2D eigenvalue weighted by Crippen LogP contribution is 2.35. The molecule has 0 bridgehead atoms. The lowest BCUT2D eigenvalue weighted by Crippen LogP contribution is -1.94. The Hall–Kier alpha value is -1.37. The molecular weight excluding hydrogens is 184 g/mol. The van der Waals surface area contributed by atoms with Gasteiger partial charge in [0.25, 0.3) is 0 Å². The molecule has 0 saturated carbocycles. The van der Waals surface area contributed by atoms with E-state index in [1.807, 2.05) is 6.92 Å². The minimum absolute atomic E-state index is 0.592. The topological polar surface area (TPSA) is 17.1 Å². The number of rotatable bonds is 2. The highest BCUT2D eigenvalue weighted by atomic mass is 16.1. The van der Waals surface area contributed by atoms with E-state index >= 15 is 0 Å². The molecule has 78 valence electrons. The number of aldehydes is 1. The molecule has 0 amide bonds. The molecular formula is C14H16O. The summed E-state index contributed by atoms with van der Waals surface area (Å²) >= 11 is 0. The van der Waals surface area contributed by atoms with Crippen LogP contribution in [0.25, 0.3) is 5.57 Å². The Labute approximate surface area is 90.8 Å². The molecule has 1 aliphatic carbocycles. The van der Waals surface area contributed by atoms with E-state index in [0.717, 1.165) is 11.8 Å². The summed E-state index contributed by atoms with van der Waals surface area (Å²) in [6.45, 7) is 8.08. The third-order valence-corrected chi connectivity index (χ3v) is 3.35. The van der Waals surface area contributed by atoms with Crippen LogP contribution in [0.4, 0.5) is 0 Å². The van der Waals surface area contributed by atoms with Gasteiger partial charge < -0.3 is 0 Å². The highest BCUT2D eigenvalue weighted by Gasteiger charge is 2.20. The van der Waals surface area contributed by atoms with E-state index in [0.29, 0.717) is 11.5 Å². The van der Waals surface area contributed by atoms with E-state index < -0.39 is 0 Å². The monoisotopic (exact) mass is 200 g/mol. The van der Waals surface area contributed by atoms with Crippen LogP contribution in [0.15, 0.2) is 18.7 Å². The minimum atomic E-state index is 0.592. The molecule has 1 atom stereocenters. The summed E-state index contributed by atoms with van der Waals surface area (Å²) in [6, 6.07) is 4.36. The first-order valence-corrected chi connectivity index (χ1v) is 5.41. The molecule has 1 heteroatoms. The number of carbonyl (C=O) groups excluding carboxylic acids is 1. The first-order valence-electron chi connectivity index (χ1n) is 5.41. The van der Waals surface area contributed by atoms with Crippen molar-refractivity contribution in [1.82, 2.24) is 0 Å². The van der Waals surface area contributed by atoms with Gasteiger partial charge in [-0.05, 0) is 47.9 Å². The summed E-state index contributed by atoms with van der Waals surface area (Å²) in [5.41, 5.74) is 5.62. The van der Waals surface area contributed by atoms with Gasteiger partial charge in [0, 0.05) is 5.57 Å². The van der Waals surface area contributed by atoms with Crippen molar-refractivity contribution in [3.8, 4) is 0 Å². The number of fused-ring (bicyclic) bond motifs is 1. The average molecular weight is 200 g/mol. The fourth-order valence-electron chi connectivity index (χ4n) is 2.40. The number of hydrogen-bond donors (Lipinski definition) is 0. The van der Waals surface area contributed by atoms with E-state index in [2.05, 4.69) is 25.6 Å². The van der Waals surface area contributed by atoms with Crippen LogP contribution in [0.2, 0.25) is 0 Å². The maximum Gasteiger partial charge on any atom is 0.150 e. The van der Waals surface area contributed by atoms with Gasteiger partial charge in [-0.1, -0.05) is 25.6 Å². The van der Waals surface area contributed by atoms with Gasteiger partial charge in [0.05, 0.1) is 0 Å². The maximum absolute atomic E-state index is 10.7. The second-order valence-corrected chi connectivity index (χ2v) is 4.45. The summed E-state index contributed by atoms with van der Waals surface area (Å²) in [4.78, 5) is 10.7. The van der Waals surface area contributed by atoms with E-state index in [1.54, 1.807) is 0 Å². The van der Waals surface area contributed by atoms with Crippen LogP contribution >= 0.6 is 0 Å². The van der Waals surface area contributed by atoms with Crippen LogP contribution in [-0.4, -0.2) is 6.29 Å². The summed E-state index contributed by atoms with van der Waals surface area (Å²) in [5, 5.41) is 0. The zero-order valence-corrected chi connectivity index (χ0v) is 9.34. The molecule has 0 N–H and O–H groups in total. The molecule has 1 aromatic carbocycles. The molecule has 1 nitrogen and oxygen atoms in total. The molecule has 0 fully saturated rings. The third-order valence-electron chi connectivity index (χ3n) is 3.35. The Balaban J connectivity index is 2.54. The second-order valence-electron chi connectivity index (χ2n) is 4.45. The molecule has 0 spiro atoms. The van der Waals surface area contributed by atoms with Gasteiger partial charge in [0.2, 0.25) is 0 Å². The van der Waals surface area contributed by atoms with Crippen LogP contribution in [0, 0.1) is 6.92 Å². The zero-order chi connectivity index (χ0) is 11.0. The Kier molecular flexibility index (Phi) is 2.47. The van der Waals surface area contributed by atoms with Crippen LogP contribution in [0.5, 0.6) is 0 Å². The van der Waals surface area contributed by atoms with Crippen LogP contribution < -0.4 is 0 Å². The fraction of sp³-hybridized carbons (Fsp3) is 0.357. The second kappa shape index (κ2) is 3.65. The van der Waals surface area contributed by atoms with Crippen molar-refractivity contribution >= 4 is 11.9 Å². The van der Waals surface area contributed by atoms with Gasteiger partial charge in [-0.3, -0.25) is 4.79 Å². The quantitative estimate of drug-likeness (QED) is 0.529. The lowest BCUT2D eigenvalue weighted by Gasteiger charge is -2.10. The molecule has 0 aromatic heterocycles. The van der Waals surface area contributed by atoms with Crippen molar-refractivity contribution in [2.75, 3.05) is 0 Å². The molecule has 1 unspecified atom stereocenters. The molecule has 0 heterocycles. The highest BCUT2D eigenvalue weighted by molar-refractivity contribution is 6.06. The number of hydrogen-bond acceptors (Lipinski definition) is 1. The minimum Gasteiger partial charge on any atom is -0.298 e. The van der Waals surface area contributed by atoms with Gasteiger partial charge in [0.15, 0.2) is 0 Å². The number of aryl methyl sites for hydroxylation is 2. The Bertz CT molecular complexity index is 429. The van der Waals surface area contributed by atoms with Crippen molar-refractivity contribution in [1.29, 1.82) is 0 Å². The standard InChI is InChI=1S/C14H16O/c1-9-4-5-12-6-10(2)13(7-14(9)12)11(3)8-15/h6-9H,3-5H2,1-2H3. The first-order chi connectivity index (χ1) is 7.13. The van der Waals surface area contributed by atoms with Crippen LogP contribution in [0.3, 0.4) is 0 Å². The molecule has 15 heavy (non-hydrogen) atoms. The summed E-state index contributed by atoms with van der Waals surface area (Å²) < 4.78 is 0. The van der Waals surface area contributed by atoms with E-state index in [9.17, 15) is 4.79 Å². The van der Waals surface area contributed by atoms with Crippen LogP contribution in [0.1, 0.15) is 41.5 Å². The van der Waals surface area contributed by atoms with Crippen molar-refractivity contribution in [3.05, 3.63) is 41.0 Å². The van der Waals surface area contributed by atoms with Gasteiger partial charge in [-0.15, -0.1) is 0 Å². The predicted octanol–water partition coefficient (Wildman–Crippen LogP) is 3.26. The van der Waals surface area contributed by atoms with Gasteiger partial charge in [0.1, 0.15) is 6.29 Å². The Morgan fingerprint density at radius 3 is 2.93 bits per heavy atom. The van der Waals surface area contributed by atoms with Crippen molar-refractivity contribution in [3.63, 3.8) is 0 Å². The Morgan fingerprint density at radius 2 is 2.27 bits per heavy atom. The molecule has 0 aliphatic heterocycles. The van der Waals surface area contributed by atoms with Crippen LogP contribution in [-0.2, 0) is 11.2 Å². The largest absolute Gasteiger partial charge is 0.298 e. The summed E-state index contributed by atoms with van der Waals surface area (Å²) in [7, 11) is 0. The average Bonchev–Trinajstić information content (AvgIpc) is 2.58. The number of benzene rings is 1. The fourth-order valence-corrected chi connectivity index (χ4v) is 2.40. The van der Waals surface area contributed by atoms with E-state index in [4.69, 9.17) is 0 Å². The molecule has 1 aliphatic rings. The lowest BCUT2D eigenvalue weighted by atomic mass is 9.94. The molecule has 0 saturated heterocycles. The summed E-state index contributed by atoms with van der Waals surface area (Å²) in [5.74, 6) is 0.624. The van der Waals surface area contributed by atoms with E-state index in [1.165, 1.54) is 29.5 Å². The van der Waals surface area contributed by atoms with E-state index in [-0.39, 0.29) is 0 Å². The Morgan fingerprint density at radius 1 is 1.53 bits per heavy atom. The normalized spacial score (nSPS) is 18.7. The summed E-state index contributed by atoms with van der Waals surface area (Å²) in [6.07, 6.45) is 3.24. The SMILES string of the molecule is C=C(C=O)c1cc2c(cc1C)CCC2C. The van der Waals surface area contributed by atoms with Gasteiger partial charge >= 0.3 is 0 Å². The number of allylic oxidation sites excluding steroid dienone is 1. The molecule has 0 radical (unpaired) electrons. The third kappa shape index (κ3) is 1.63. The van der Waals surface area contributed by atoms with Crippen molar-refractivity contribution in [2.24, 2.45) is 0 Å². The van der Waals surface area contributed by atoms with Gasteiger partial charge in [-0.2, -0.15) is 0 Å². The van der Waals surface area contributed by atoms with Gasteiger partial charge in [-0.25, -0.2) is 0 Å². The molecule has 2 rings (SSSR count). The smallest absolute Gasteiger partial charge is 0.150 e. The first kappa shape index (κ1) is 10.2. The van der Waals surface area contributed by atoms with Crippen molar-refractivity contribution in [2.45, 2.75) is 32.6 Å². The zero-order valence-electron chi connectivity index (χ0n) is 9.34. The maximum atomic E-state index is 10.7.